The van der Waals surface area contributed by atoms with Gasteiger partial charge in [-0.2, -0.15) is 0 Å². The van der Waals surface area contributed by atoms with Gasteiger partial charge in [0, 0.05) is 23.4 Å². The zero-order valence-corrected chi connectivity index (χ0v) is 13.2. The fourth-order valence-electron chi connectivity index (χ4n) is 2.89. The molecule has 0 aromatic carbocycles. The first kappa shape index (κ1) is 13.4. The van der Waals surface area contributed by atoms with E-state index in [0.29, 0.717) is 5.41 Å². The number of amidine groups is 1. The second-order valence-corrected chi connectivity index (χ2v) is 8.02. The standard InChI is InChI=1S/C14H21N3S2/c1-10-7-15-12(19-10)11(2)17-13-16-8-14(9-18-13)5-3-4-6-14/h7,11H,3-6,8-9H2,1-2H3,(H,16,17). The van der Waals surface area contributed by atoms with Crippen molar-refractivity contribution >= 4 is 28.3 Å². The van der Waals surface area contributed by atoms with Crippen LogP contribution in [-0.4, -0.2) is 22.4 Å². The maximum absolute atomic E-state index is 4.78. The quantitative estimate of drug-likeness (QED) is 0.902. The Hall–Kier alpha value is -0.550. The predicted molar refractivity (Wildman–Crippen MR) is 84.1 cm³/mol. The summed E-state index contributed by atoms with van der Waals surface area (Å²) in [6.45, 7) is 5.29. The summed E-state index contributed by atoms with van der Waals surface area (Å²) in [5.74, 6) is 1.24. The van der Waals surface area contributed by atoms with Crippen molar-refractivity contribution in [2.24, 2.45) is 10.4 Å². The van der Waals surface area contributed by atoms with Crippen LogP contribution in [0.2, 0.25) is 0 Å². The lowest BCUT2D eigenvalue weighted by molar-refractivity contribution is 0.358. The topological polar surface area (TPSA) is 37.3 Å². The molecular weight excluding hydrogens is 274 g/mol. The summed E-state index contributed by atoms with van der Waals surface area (Å²) in [4.78, 5) is 10.5. The fraction of sp³-hybridized carbons (Fsp3) is 0.714. The summed E-state index contributed by atoms with van der Waals surface area (Å²) >= 11 is 3.67. The molecule has 104 valence electrons. The number of aryl methyl sites for hydroxylation is 1. The Morgan fingerprint density at radius 3 is 2.74 bits per heavy atom. The van der Waals surface area contributed by atoms with Crippen LogP contribution < -0.4 is 5.32 Å². The number of aromatic nitrogens is 1. The van der Waals surface area contributed by atoms with E-state index < -0.39 is 0 Å². The van der Waals surface area contributed by atoms with Crippen LogP contribution in [0.15, 0.2) is 11.2 Å². The van der Waals surface area contributed by atoms with Gasteiger partial charge in [-0.3, -0.25) is 4.99 Å². The van der Waals surface area contributed by atoms with E-state index in [4.69, 9.17) is 4.99 Å². The lowest BCUT2D eigenvalue weighted by atomic mass is 9.89. The van der Waals surface area contributed by atoms with Crippen molar-refractivity contribution < 1.29 is 0 Å². The maximum Gasteiger partial charge on any atom is 0.157 e. The molecule has 5 heteroatoms. The van der Waals surface area contributed by atoms with E-state index in [1.54, 1.807) is 11.3 Å². The molecule has 3 rings (SSSR count). The Morgan fingerprint density at radius 2 is 2.16 bits per heavy atom. The number of hydrogen-bond donors (Lipinski definition) is 1. The molecule has 1 aliphatic heterocycles. The van der Waals surface area contributed by atoms with E-state index in [2.05, 4.69) is 24.1 Å². The van der Waals surface area contributed by atoms with Gasteiger partial charge >= 0.3 is 0 Å². The summed E-state index contributed by atoms with van der Waals surface area (Å²) in [6, 6.07) is 0.266. The lowest BCUT2D eigenvalue weighted by Gasteiger charge is -2.31. The largest absolute Gasteiger partial charge is 0.356 e. The molecule has 0 saturated heterocycles. The summed E-state index contributed by atoms with van der Waals surface area (Å²) in [5.41, 5.74) is 0.525. The normalized spacial score (nSPS) is 23.4. The molecule has 2 heterocycles. The van der Waals surface area contributed by atoms with Crippen LogP contribution in [0.4, 0.5) is 0 Å². The molecule has 1 aromatic rings. The van der Waals surface area contributed by atoms with Gasteiger partial charge in [0.15, 0.2) is 5.17 Å². The first-order chi connectivity index (χ1) is 9.17. The summed E-state index contributed by atoms with van der Waals surface area (Å²) in [5, 5.41) is 5.78. The number of rotatable bonds is 2. The highest BCUT2D eigenvalue weighted by Gasteiger charge is 2.36. The molecule has 1 N–H and O–H groups in total. The van der Waals surface area contributed by atoms with E-state index in [1.807, 2.05) is 18.0 Å². The van der Waals surface area contributed by atoms with Gasteiger partial charge < -0.3 is 5.32 Å². The van der Waals surface area contributed by atoms with Gasteiger partial charge in [0.05, 0.1) is 6.04 Å². The molecular formula is C14H21N3S2. The van der Waals surface area contributed by atoms with Gasteiger partial charge in [0.2, 0.25) is 0 Å². The van der Waals surface area contributed by atoms with Crippen molar-refractivity contribution in [1.29, 1.82) is 0 Å². The molecule has 2 aliphatic rings. The third-order valence-electron chi connectivity index (χ3n) is 4.09. The number of nitrogens with one attached hydrogen (secondary N) is 1. The van der Waals surface area contributed by atoms with Gasteiger partial charge in [-0.25, -0.2) is 4.98 Å². The van der Waals surface area contributed by atoms with Gasteiger partial charge in [-0.05, 0) is 32.1 Å². The molecule has 1 saturated carbocycles. The molecule has 1 atom stereocenters. The van der Waals surface area contributed by atoms with Crippen molar-refractivity contribution in [2.75, 3.05) is 12.3 Å². The minimum atomic E-state index is 0.266. The van der Waals surface area contributed by atoms with Crippen LogP contribution in [0.3, 0.4) is 0 Å². The smallest absolute Gasteiger partial charge is 0.157 e. The summed E-state index contributed by atoms with van der Waals surface area (Å²) in [7, 11) is 0. The van der Waals surface area contributed by atoms with Crippen molar-refractivity contribution in [3.05, 3.63) is 16.1 Å². The molecule has 0 radical (unpaired) electrons. The van der Waals surface area contributed by atoms with Crippen LogP contribution in [0.5, 0.6) is 0 Å². The summed E-state index contributed by atoms with van der Waals surface area (Å²) in [6.07, 6.45) is 7.48. The summed E-state index contributed by atoms with van der Waals surface area (Å²) < 4.78 is 0. The molecule has 1 unspecified atom stereocenters. The number of hydrogen-bond acceptors (Lipinski definition) is 5. The van der Waals surface area contributed by atoms with Crippen LogP contribution >= 0.6 is 23.1 Å². The molecule has 3 nitrogen and oxygen atoms in total. The van der Waals surface area contributed by atoms with E-state index in [9.17, 15) is 0 Å². The maximum atomic E-state index is 4.78. The average molecular weight is 295 g/mol. The van der Waals surface area contributed by atoms with Crippen LogP contribution in [0.25, 0.3) is 0 Å². The van der Waals surface area contributed by atoms with Crippen molar-refractivity contribution in [3.8, 4) is 0 Å². The number of nitrogens with zero attached hydrogens (tertiary/aromatic N) is 2. The monoisotopic (exact) mass is 295 g/mol. The minimum absolute atomic E-state index is 0.266. The molecule has 19 heavy (non-hydrogen) atoms. The number of thioether (sulfide) groups is 1. The molecule has 1 aromatic heterocycles. The second kappa shape index (κ2) is 5.44. The molecule has 0 bridgehead atoms. The van der Waals surface area contributed by atoms with Crippen molar-refractivity contribution in [1.82, 2.24) is 10.3 Å². The Balaban J connectivity index is 1.60. The molecule has 0 amide bonds. The predicted octanol–water partition coefficient (Wildman–Crippen LogP) is 3.77. The van der Waals surface area contributed by atoms with E-state index >= 15 is 0 Å². The Morgan fingerprint density at radius 1 is 1.37 bits per heavy atom. The number of thiazole rings is 1. The second-order valence-electron chi connectivity index (χ2n) is 5.79. The lowest BCUT2D eigenvalue weighted by Crippen LogP contribution is -2.34. The number of aliphatic imine (C=N–C) groups is 1. The third-order valence-corrected chi connectivity index (χ3v) is 6.46. The van der Waals surface area contributed by atoms with E-state index in [-0.39, 0.29) is 6.04 Å². The van der Waals surface area contributed by atoms with Crippen molar-refractivity contribution in [3.63, 3.8) is 0 Å². The molecule has 1 spiro atoms. The fourth-order valence-corrected chi connectivity index (χ4v) is 4.90. The Kier molecular flexibility index (Phi) is 3.85. The van der Waals surface area contributed by atoms with Crippen LogP contribution in [0.1, 0.15) is 48.5 Å². The zero-order valence-electron chi connectivity index (χ0n) is 11.6. The zero-order chi connectivity index (χ0) is 13.3. The Bertz CT molecular complexity index is 475. The average Bonchev–Trinajstić information content (AvgIpc) is 3.02. The SMILES string of the molecule is Cc1cnc(C(C)NC2=NCC3(CCCC3)CS2)s1. The van der Waals surface area contributed by atoms with Gasteiger partial charge in [-0.1, -0.05) is 24.6 Å². The van der Waals surface area contributed by atoms with Crippen LogP contribution in [-0.2, 0) is 0 Å². The van der Waals surface area contributed by atoms with Gasteiger partial charge in [-0.15, -0.1) is 11.3 Å². The first-order valence-corrected chi connectivity index (χ1v) is 8.83. The molecule has 1 fully saturated rings. The van der Waals surface area contributed by atoms with E-state index in [1.165, 1.54) is 36.3 Å². The van der Waals surface area contributed by atoms with Crippen LogP contribution in [0, 0.1) is 12.3 Å². The highest BCUT2D eigenvalue weighted by molar-refractivity contribution is 8.13. The highest BCUT2D eigenvalue weighted by Crippen LogP contribution is 2.43. The van der Waals surface area contributed by atoms with Gasteiger partial charge in [0.1, 0.15) is 5.01 Å². The van der Waals surface area contributed by atoms with E-state index in [0.717, 1.165) is 16.7 Å². The highest BCUT2D eigenvalue weighted by atomic mass is 32.2. The minimum Gasteiger partial charge on any atom is -0.356 e. The molecule has 1 aliphatic carbocycles. The third kappa shape index (κ3) is 2.97. The Labute approximate surface area is 123 Å². The van der Waals surface area contributed by atoms with Crippen molar-refractivity contribution in [2.45, 2.75) is 45.6 Å². The first-order valence-electron chi connectivity index (χ1n) is 7.03. The van der Waals surface area contributed by atoms with Gasteiger partial charge in [0.25, 0.3) is 0 Å².